The molecule has 0 spiro atoms. The third-order valence-electron chi connectivity index (χ3n) is 10.1. The number of carbonyl (C=O) groups is 1. The molecule has 3 aromatic carbocycles. The number of hydrogen-bond acceptors (Lipinski definition) is 15. The fourth-order valence-electron chi connectivity index (χ4n) is 7.57. The quantitative estimate of drug-likeness (QED) is 0.144. The fourth-order valence-corrected chi connectivity index (χ4v) is 9.01. The normalized spacial score (nSPS) is 35.2. The minimum absolute atomic E-state index is 0.0145. The Bertz CT molecular complexity index is 1850. The van der Waals surface area contributed by atoms with Crippen molar-refractivity contribution in [2.45, 2.75) is 127 Å². The van der Waals surface area contributed by atoms with Gasteiger partial charge in [-0.1, -0.05) is 91.0 Å². The van der Waals surface area contributed by atoms with Gasteiger partial charge in [-0.05, 0) is 38.8 Å². The number of rotatable bonds is 13. The van der Waals surface area contributed by atoms with Gasteiger partial charge in [0.15, 0.2) is 36.5 Å². The number of esters is 1. The molecule has 5 saturated heterocycles. The average Bonchev–Trinajstić information content (AvgIpc) is 3.82. The minimum atomic E-state index is -4.74. The highest BCUT2D eigenvalue weighted by Gasteiger charge is 2.62. The lowest BCUT2D eigenvalue weighted by Gasteiger charge is -2.48. The van der Waals surface area contributed by atoms with Gasteiger partial charge in [0, 0.05) is 12.5 Å². The van der Waals surface area contributed by atoms with Crippen LogP contribution in [0.25, 0.3) is 0 Å². The molecule has 2 unspecified atom stereocenters. The lowest BCUT2D eigenvalue weighted by molar-refractivity contribution is -0.358. The van der Waals surface area contributed by atoms with Crippen molar-refractivity contribution < 1.29 is 70.3 Å². The SMILES string of the molecule is CC(=O)O[C@@H]1[C@H](OCc2ccccc2)[C@@H](OP(=O)(OCc2ccccc2)O[C@@H]2[C@H]3OC(C)(C)O[C@H]3O[C@@H]2[C@H]2COC(C)(C)O2)O[C@@H]2COC(c3ccccc3)O[C@@H]12. The van der Waals surface area contributed by atoms with Crippen LogP contribution in [0.2, 0.25) is 0 Å². The summed E-state index contributed by atoms with van der Waals surface area (Å²) in [5.41, 5.74) is 2.27. The van der Waals surface area contributed by atoms with Crippen LogP contribution in [0.3, 0.4) is 0 Å². The molecule has 0 bridgehead atoms. The molecule has 0 N–H and O–H groups in total. The number of carbonyl (C=O) groups excluding carboxylic acids is 1. The number of benzene rings is 3. The molecule has 5 heterocycles. The molecule has 3 aromatic rings. The van der Waals surface area contributed by atoms with E-state index in [9.17, 15) is 4.79 Å². The van der Waals surface area contributed by atoms with Crippen molar-refractivity contribution in [3.63, 3.8) is 0 Å². The molecule has 57 heavy (non-hydrogen) atoms. The molecule has 0 aliphatic carbocycles. The summed E-state index contributed by atoms with van der Waals surface area (Å²) in [6, 6.07) is 27.9. The van der Waals surface area contributed by atoms with Gasteiger partial charge in [-0.2, -0.15) is 0 Å². The second-order valence-corrected chi connectivity index (χ2v) is 16.9. The standard InChI is InChI=1S/C41H49O15P/c1-25(42)48-33-31-29(23-45-37(50-31)28-19-13-8-14-20-28)49-39(35(33)44-21-26-15-9-6-10-16-26)56-57(43,47-22-27-17-11-7-12-18-27)55-34-32(30-24-46-40(2,3)52-30)51-38-36(34)53-41(4,5)54-38/h6-20,29-39H,21-24H2,1-5H3/t29-,30-,31-,32-,33+,34+,35+,36-,37?,38-,39-,57?/m1/s1. The first-order chi connectivity index (χ1) is 27.3. The third kappa shape index (κ3) is 9.53. The summed E-state index contributed by atoms with van der Waals surface area (Å²) in [5, 5.41) is 0. The van der Waals surface area contributed by atoms with Gasteiger partial charge >= 0.3 is 13.8 Å². The Balaban J connectivity index is 1.13. The molecule has 5 aliphatic heterocycles. The van der Waals surface area contributed by atoms with Crippen molar-refractivity contribution in [1.29, 1.82) is 0 Å². The minimum Gasteiger partial charge on any atom is -0.457 e. The molecule has 12 atom stereocenters. The van der Waals surface area contributed by atoms with Crippen LogP contribution in [0.1, 0.15) is 57.6 Å². The Hall–Kier alpha value is -3.12. The smallest absolute Gasteiger partial charge is 0.457 e. The summed E-state index contributed by atoms with van der Waals surface area (Å²) in [6.07, 6.45) is -10.7. The van der Waals surface area contributed by atoms with Gasteiger partial charge in [0.25, 0.3) is 0 Å². The predicted molar refractivity (Wildman–Crippen MR) is 198 cm³/mol. The number of fused-ring (bicyclic) bond motifs is 2. The molecule has 0 radical (unpaired) electrons. The summed E-state index contributed by atoms with van der Waals surface area (Å²) >= 11 is 0. The summed E-state index contributed by atoms with van der Waals surface area (Å²) in [6.45, 7) is 8.41. The topological polar surface area (TPSA) is 154 Å². The third-order valence-corrected chi connectivity index (χ3v) is 11.5. The number of hydrogen-bond donors (Lipinski definition) is 0. The molecule has 15 nitrogen and oxygen atoms in total. The van der Waals surface area contributed by atoms with E-state index < -0.39 is 93.1 Å². The van der Waals surface area contributed by atoms with Gasteiger partial charge in [-0.15, -0.1) is 0 Å². The van der Waals surface area contributed by atoms with E-state index in [0.717, 1.165) is 11.1 Å². The monoisotopic (exact) mass is 812 g/mol. The molecule has 0 saturated carbocycles. The Morgan fingerprint density at radius 1 is 0.684 bits per heavy atom. The van der Waals surface area contributed by atoms with Gasteiger partial charge in [0.1, 0.15) is 42.7 Å². The molecular formula is C41H49O15P. The highest BCUT2D eigenvalue weighted by atomic mass is 31.2. The van der Waals surface area contributed by atoms with Gasteiger partial charge < -0.3 is 47.4 Å². The predicted octanol–water partition coefficient (Wildman–Crippen LogP) is 6.10. The molecule has 8 rings (SSSR count). The van der Waals surface area contributed by atoms with Crippen molar-refractivity contribution in [3.8, 4) is 0 Å². The summed E-state index contributed by atoms with van der Waals surface area (Å²) in [4.78, 5) is 12.8. The van der Waals surface area contributed by atoms with E-state index in [2.05, 4.69) is 0 Å². The Kier molecular flexibility index (Phi) is 12.0. The highest BCUT2D eigenvalue weighted by Crippen LogP contribution is 2.57. The van der Waals surface area contributed by atoms with Crippen molar-refractivity contribution in [2.75, 3.05) is 13.2 Å². The summed E-state index contributed by atoms with van der Waals surface area (Å²) < 4.78 is 96.8. The van der Waals surface area contributed by atoms with Crippen LogP contribution >= 0.6 is 7.82 Å². The van der Waals surface area contributed by atoms with Crippen molar-refractivity contribution in [3.05, 3.63) is 108 Å². The second-order valence-electron chi connectivity index (χ2n) is 15.4. The van der Waals surface area contributed by atoms with E-state index in [4.69, 9.17) is 60.9 Å². The largest absolute Gasteiger partial charge is 0.478 e. The van der Waals surface area contributed by atoms with E-state index in [1.165, 1.54) is 6.92 Å². The first-order valence-electron chi connectivity index (χ1n) is 19.1. The lowest BCUT2D eigenvalue weighted by atomic mass is 9.97. The van der Waals surface area contributed by atoms with E-state index in [1.54, 1.807) is 27.7 Å². The van der Waals surface area contributed by atoms with Gasteiger partial charge in [0.2, 0.25) is 0 Å². The maximum atomic E-state index is 15.4. The van der Waals surface area contributed by atoms with E-state index in [1.807, 2.05) is 91.0 Å². The molecule has 0 aromatic heterocycles. The van der Waals surface area contributed by atoms with Crippen LogP contribution in [0.5, 0.6) is 0 Å². The van der Waals surface area contributed by atoms with Crippen molar-refractivity contribution in [1.82, 2.24) is 0 Å². The zero-order chi connectivity index (χ0) is 39.8. The van der Waals surface area contributed by atoms with Crippen LogP contribution in [0, 0.1) is 0 Å². The highest BCUT2D eigenvalue weighted by molar-refractivity contribution is 7.48. The number of phosphoric acid groups is 1. The summed E-state index contributed by atoms with van der Waals surface area (Å²) in [5.74, 6) is -2.55. The molecule has 16 heteroatoms. The summed E-state index contributed by atoms with van der Waals surface area (Å²) in [7, 11) is -4.74. The first-order valence-corrected chi connectivity index (χ1v) is 20.6. The average molecular weight is 813 g/mol. The zero-order valence-corrected chi connectivity index (χ0v) is 33.3. The van der Waals surface area contributed by atoms with E-state index in [-0.39, 0.29) is 26.4 Å². The molecule has 308 valence electrons. The molecular weight excluding hydrogens is 763 g/mol. The number of phosphoric ester groups is 1. The van der Waals surface area contributed by atoms with Crippen LogP contribution in [-0.2, 0) is 83.5 Å². The molecule has 5 fully saturated rings. The van der Waals surface area contributed by atoms with E-state index >= 15 is 4.57 Å². The Morgan fingerprint density at radius 3 is 1.98 bits per heavy atom. The second kappa shape index (κ2) is 16.9. The van der Waals surface area contributed by atoms with Gasteiger partial charge in [0.05, 0.1) is 26.4 Å². The maximum absolute atomic E-state index is 15.4. The van der Waals surface area contributed by atoms with Crippen LogP contribution < -0.4 is 0 Å². The number of ether oxygens (including phenoxy) is 10. The first kappa shape index (κ1) is 40.7. The van der Waals surface area contributed by atoms with Crippen molar-refractivity contribution >= 4 is 13.8 Å². The Labute approximate surface area is 331 Å². The fraction of sp³-hybridized carbons (Fsp3) is 0.537. The van der Waals surface area contributed by atoms with Crippen LogP contribution in [0.4, 0.5) is 0 Å². The van der Waals surface area contributed by atoms with Gasteiger partial charge in [-0.3, -0.25) is 18.4 Å². The lowest BCUT2D eigenvalue weighted by Crippen LogP contribution is -2.63. The zero-order valence-electron chi connectivity index (χ0n) is 32.4. The van der Waals surface area contributed by atoms with Crippen molar-refractivity contribution in [2.24, 2.45) is 0 Å². The van der Waals surface area contributed by atoms with Gasteiger partial charge in [-0.25, -0.2) is 4.57 Å². The Morgan fingerprint density at radius 2 is 1.33 bits per heavy atom. The molecule has 5 aliphatic rings. The molecule has 0 amide bonds. The van der Waals surface area contributed by atoms with E-state index in [0.29, 0.717) is 5.56 Å². The van der Waals surface area contributed by atoms with Crippen LogP contribution in [-0.4, -0.2) is 92.2 Å². The maximum Gasteiger partial charge on any atom is 0.478 e. The van der Waals surface area contributed by atoms with Crippen LogP contribution in [0.15, 0.2) is 91.0 Å².